The molecule has 0 radical (unpaired) electrons. The molecule has 1 aromatic heterocycles. The number of likely N-dealkylation sites (tertiary alicyclic amines) is 1. The Hall–Kier alpha value is -3.48. The second kappa shape index (κ2) is 7.65. The summed E-state index contributed by atoms with van der Waals surface area (Å²) >= 11 is 0. The van der Waals surface area contributed by atoms with Crippen molar-refractivity contribution in [1.82, 2.24) is 14.9 Å². The summed E-state index contributed by atoms with van der Waals surface area (Å²) < 4.78 is 0. The topological polar surface area (TPSA) is 89.4 Å². The number of hydrogen-bond donors (Lipinski definition) is 3. The van der Waals surface area contributed by atoms with E-state index in [-0.39, 0.29) is 11.7 Å². The van der Waals surface area contributed by atoms with Crippen molar-refractivity contribution >= 4 is 17.0 Å². The summed E-state index contributed by atoms with van der Waals surface area (Å²) in [4.78, 5) is 21.4. The van der Waals surface area contributed by atoms with Crippen LogP contribution in [0.3, 0.4) is 0 Å². The lowest BCUT2D eigenvalue weighted by molar-refractivity contribution is -0.00285. The second-order valence-corrected chi connectivity index (χ2v) is 8.17. The highest BCUT2D eigenvalue weighted by molar-refractivity contribution is 6.03. The van der Waals surface area contributed by atoms with Crippen molar-refractivity contribution in [3.05, 3.63) is 77.6 Å². The summed E-state index contributed by atoms with van der Waals surface area (Å²) in [6, 6.07) is 20.2. The number of carboxylic acid groups (broad SMARTS) is 1. The number of H-pyrrole nitrogens is 1. The fourth-order valence-corrected chi connectivity index (χ4v) is 4.20. The van der Waals surface area contributed by atoms with Gasteiger partial charge in [-0.15, -0.1) is 0 Å². The van der Waals surface area contributed by atoms with Gasteiger partial charge < -0.3 is 15.2 Å². The first-order chi connectivity index (χ1) is 15.0. The molecule has 0 bridgehead atoms. The highest BCUT2D eigenvalue weighted by Gasteiger charge is 2.23. The molecule has 31 heavy (non-hydrogen) atoms. The van der Waals surface area contributed by atoms with E-state index in [4.69, 9.17) is 0 Å². The van der Waals surface area contributed by atoms with Gasteiger partial charge in [-0.1, -0.05) is 42.5 Å². The van der Waals surface area contributed by atoms with Crippen LogP contribution < -0.4 is 0 Å². The molecule has 2 heterocycles. The lowest BCUT2D eigenvalue weighted by Gasteiger charge is -2.35. The lowest BCUT2D eigenvalue weighted by atomic mass is 9.97. The molecule has 3 N–H and O–H groups in total. The van der Waals surface area contributed by atoms with E-state index in [1.54, 1.807) is 6.07 Å². The third-order valence-corrected chi connectivity index (χ3v) is 5.76. The largest absolute Gasteiger partial charge is 0.478 e. The number of aromatic nitrogens is 2. The van der Waals surface area contributed by atoms with Gasteiger partial charge in [-0.05, 0) is 52.9 Å². The minimum atomic E-state index is -0.985. The molecule has 0 atom stereocenters. The summed E-state index contributed by atoms with van der Waals surface area (Å²) in [7, 11) is 0. The van der Waals surface area contributed by atoms with Crippen molar-refractivity contribution in [1.29, 1.82) is 0 Å². The minimum Gasteiger partial charge on any atom is -0.478 e. The van der Waals surface area contributed by atoms with Gasteiger partial charge >= 0.3 is 5.97 Å². The molecule has 0 amide bonds. The van der Waals surface area contributed by atoms with Crippen LogP contribution in [0.5, 0.6) is 0 Å². The Kier molecular flexibility index (Phi) is 4.81. The van der Waals surface area contributed by atoms with E-state index in [1.807, 2.05) is 25.1 Å². The Morgan fingerprint density at radius 1 is 1.03 bits per heavy atom. The zero-order valence-electron chi connectivity index (χ0n) is 17.2. The van der Waals surface area contributed by atoms with Crippen molar-refractivity contribution in [2.24, 2.45) is 0 Å². The normalized spacial score (nSPS) is 14.6. The molecular formula is C25H23N3O3. The van der Waals surface area contributed by atoms with Gasteiger partial charge in [0, 0.05) is 19.6 Å². The van der Waals surface area contributed by atoms with E-state index < -0.39 is 5.97 Å². The number of aryl methyl sites for hydroxylation is 1. The number of nitrogens with one attached hydrogen (secondary N) is 1. The molecule has 0 unspecified atom stereocenters. The van der Waals surface area contributed by atoms with Crippen LogP contribution in [-0.4, -0.2) is 50.2 Å². The number of benzene rings is 3. The molecule has 1 aliphatic rings. The minimum absolute atomic E-state index is 0.192. The number of rotatable bonds is 5. The quantitative estimate of drug-likeness (QED) is 0.459. The summed E-state index contributed by atoms with van der Waals surface area (Å²) in [6.07, 6.45) is -0.192. The summed E-state index contributed by atoms with van der Waals surface area (Å²) in [5.41, 5.74) is 6.65. The Labute approximate surface area is 179 Å². The molecule has 1 aliphatic heterocycles. The van der Waals surface area contributed by atoms with Crippen molar-refractivity contribution in [3.63, 3.8) is 0 Å². The van der Waals surface area contributed by atoms with E-state index >= 15 is 0 Å². The SMILES string of the molecule is Cc1nc2c(C(=O)O)cc(-c3ccc(-c4cccc(CN5CC(O)C5)c4)cc3)cc2[nH]1. The van der Waals surface area contributed by atoms with Crippen molar-refractivity contribution in [3.8, 4) is 22.3 Å². The van der Waals surface area contributed by atoms with E-state index in [0.717, 1.165) is 47.4 Å². The van der Waals surface area contributed by atoms with Gasteiger partial charge in [-0.2, -0.15) is 0 Å². The van der Waals surface area contributed by atoms with Gasteiger partial charge in [0.2, 0.25) is 0 Å². The number of aliphatic hydroxyl groups excluding tert-OH is 1. The van der Waals surface area contributed by atoms with Crippen LogP contribution in [0, 0.1) is 6.92 Å². The van der Waals surface area contributed by atoms with Gasteiger partial charge in [0.05, 0.1) is 17.2 Å². The number of imidazole rings is 1. The number of nitrogens with zero attached hydrogens (tertiary/aromatic N) is 2. The molecule has 0 spiro atoms. The lowest BCUT2D eigenvalue weighted by Crippen LogP contribution is -2.49. The molecular weight excluding hydrogens is 390 g/mol. The molecule has 0 saturated carbocycles. The Morgan fingerprint density at radius 2 is 1.74 bits per heavy atom. The van der Waals surface area contributed by atoms with E-state index in [2.05, 4.69) is 51.3 Å². The second-order valence-electron chi connectivity index (χ2n) is 8.17. The van der Waals surface area contributed by atoms with E-state index in [9.17, 15) is 15.0 Å². The van der Waals surface area contributed by atoms with Crippen LogP contribution in [-0.2, 0) is 6.54 Å². The number of aromatic carboxylic acids is 1. The van der Waals surface area contributed by atoms with Crippen LogP contribution in [0.2, 0.25) is 0 Å². The smallest absolute Gasteiger partial charge is 0.337 e. The summed E-state index contributed by atoms with van der Waals surface area (Å²) in [6.45, 7) is 4.12. The third-order valence-electron chi connectivity index (χ3n) is 5.76. The Morgan fingerprint density at radius 3 is 2.42 bits per heavy atom. The maximum absolute atomic E-state index is 11.7. The molecule has 6 nitrogen and oxygen atoms in total. The maximum Gasteiger partial charge on any atom is 0.337 e. The first-order valence-electron chi connectivity index (χ1n) is 10.3. The molecule has 5 rings (SSSR count). The fourth-order valence-electron chi connectivity index (χ4n) is 4.20. The molecule has 6 heteroatoms. The van der Waals surface area contributed by atoms with Crippen molar-refractivity contribution in [2.45, 2.75) is 19.6 Å². The third kappa shape index (κ3) is 3.83. The highest BCUT2D eigenvalue weighted by atomic mass is 16.4. The first kappa shape index (κ1) is 19.5. The zero-order valence-corrected chi connectivity index (χ0v) is 17.2. The molecule has 3 aromatic carbocycles. The molecule has 156 valence electrons. The van der Waals surface area contributed by atoms with Gasteiger partial charge in [0.1, 0.15) is 11.3 Å². The van der Waals surface area contributed by atoms with E-state index in [1.165, 1.54) is 5.56 Å². The van der Waals surface area contributed by atoms with Gasteiger partial charge in [0.15, 0.2) is 0 Å². The predicted octanol–water partition coefficient (Wildman–Crippen LogP) is 4.08. The van der Waals surface area contributed by atoms with Crippen LogP contribution in [0.25, 0.3) is 33.3 Å². The maximum atomic E-state index is 11.7. The van der Waals surface area contributed by atoms with Crippen LogP contribution >= 0.6 is 0 Å². The van der Waals surface area contributed by atoms with Crippen molar-refractivity contribution in [2.75, 3.05) is 13.1 Å². The monoisotopic (exact) mass is 413 g/mol. The van der Waals surface area contributed by atoms with Crippen molar-refractivity contribution < 1.29 is 15.0 Å². The summed E-state index contributed by atoms with van der Waals surface area (Å²) in [5, 5.41) is 19.1. The zero-order chi connectivity index (χ0) is 21.5. The summed E-state index contributed by atoms with van der Waals surface area (Å²) in [5.74, 6) is -0.292. The molecule has 4 aromatic rings. The Bertz CT molecular complexity index is 1270. The average molecular weight is 413 g/mol. The first-order valence-corrected chi connectivity index (χ1v) is 10.3. The van der Waals surface area contributed by atoms with E-state index in [0.29, 0.717) is 11.3 Å². The number of fused-ring (bicyclic) bond motifs is 1. The molecule has 0 aliphatic carbocycles. The number of aromatic amines is 1. The highest BCUT2D eigenvalue weighted by Crippen LogP contribution is 2.29. The number of aliphatic hydroxyl groups is 1. The predicted molar refractivity (Wildman–Crippen MR) is 120 cm³/mol. The van der Waals surface area contributed by atoms with Gasteiger partial charge in [-0.3, -0.25) is 4.90 Å². The van der Waals surface area contributed by atoms with Gasteiger partial charge in [0.25, 0.3) is 0 Å². The van der Waals surface area contributed by atoms with Crippen LogP contribution in [0.15, 0.2) is 60.7 Å². The number of β-amino-alcohol motifs (C(OH)–C–C–N with tert-alkyl or cyclic N) is 1. The molecule has 1 fully saturated rings. The average Bonchev–Trinajstić information content (AvgIpc) is 3.12. The van der Waals surface area contributed by atoms with Gasteiger partial charge in [-0.25, -0.2) is 9.78 Å². The molecule has 1 saturated heterocycles. The fraction of sp³-hybridized carbons (Fsp3) is 0.200. The number of carbonyl (C=O) groups is 1. The number of hydrogen-bond acceptors (Lipinski definition) is 4. The standard InChI is InChI=1S/C25H23N3O3/c1-15-26-23-11-20(10-22(25(30)31)24(23)27-15)18-7-5-17(6-8-18)19-4-2-3-16(9-19)12-28-13-21(29)14-28/h2-11,21,29H,12-14H2,1H3,(H,26,27)(H,30,31). The van der Waals surface area contributed by atoms with Crippen LogP contribution in [0.4, 0.5) is 0 Å². The number of carboxylic acids is 1. The van der Waals surface area contributed by atoms with Crippen LogP contribution in [0.1, 0.15) is 21.7 Å². The Balaban J connectivity index is 1.43.